The van der Waals surface area contributed by atoms with Crippen molar-refractivity contribution in [1.82, 2.24) is 14.8 Å². The van der Waals surface area contributed by atoms with Crippen LogP contribution in [-0.4, -0.2) is 38.1 Å². The van der Waals surface area contributed by atoms with Gasteiger partial charge in [-0.05, 0) is 67.7 Å². The number of likely N-dealkylation sites (tertiary alicyclic amines) is 1. The zero-order valence-electron chi connectivity index (χ0n) is 17.5. The molecule has 2 aliphatic heterocycles. The summed E-state index contributed by atoms with van der Waals surface area (Å²) in [6.07, 6.45) is 3.40. The molecule has 0 spiro atoms. The van der Waals surface area contributed by atoms with E-state index < -0.39 is 10.0 Å². The number of halogens is 1. The van der Waals surface area contributed by atoms with Gasteiger partial charge in [0.2, 0.25) is 10.0 Å². The second-order valence-corrected chi connectivity index (χ2v) is 10.1. The van der Waals surface area contributed by atoms with Gasteiger partial charge < -0.3 is 9.26 Å². The quantitative estimate of drug-likeness (QED) is 0.609. The van der Waals surface area contributed by atoms with Crippen molar-refractivity contribution in [1.29, 1.82) is 0 Å². The Labute approximate surface area is 186 Å². The third-order valence-electron chi connectivity index (χ3n) is 6.12. The highest BCUT2D eigenvalue weighted by atomic mass is 32.2. The molecular weight excluding hydrogens is 433 g/mol. The van der Waals surface area contributed by atoms with E-state index in [4.69, 9.17) is 9.26 Å². The van der Waals surface area contributed by atoms with Crippen molar-refractivity contribution in [3.63, 3.8) is 0 Å². The molecule has 32 heavy (non-hydrogen) atoms. The maximum absolute atomic E-state index is 13.1. The molecule has 0 amide bonds. The molecule has 5 rings (SSSR count). The number of rotatable bonds is 6. The normalized spacial score (nSPS) is 16.9. The third-order valence-corrected chi connectivity index (χ3v) is 7.54. The minimum absolute atomic E-state index is 0.179. The summed E-state index contributed by atoms with van der Waals surface area (Å²) >= 11 is 0. The summed E-state index contributed by atoms with van der Waals surface area (Å²) in [5, 5.41) is 3.79. The number of benzene rings is 2. The Balaban J connectivity index is 1.18. The van der Waals surface area contributed by atoms with Crippen molar-refractivity contribution in [2.75, 3.05) is 19.6 Å². The van der Waals surface area contributed by atoms with Gasteiger partial charge in [-0.2, -0.15) is 0 Å². The fraction of sp³-hybridized carbons (Fsp3) is 0.348. The summed E-state index contributed by atoms with van der Waals surface area (Å²) in [5.74, 6) is 1.18. The molecule has 9 heteroatoms. The Morgan fingerprint density at radius 3 is 2.69 bits per heavy atom. The van der Waals surface area contributed by atoms with Crippen molar-refractivity contribution in [2.24, 2.45) is 5.92 Å². The first-order valence-electron chi connectivity index (χ1n) is 10.7. The van der Waals surface area contributed by atoms with Gasteiger partial charge in [0, 0.05) is 13.1 Å². The van der Waals surface area contributed by atoms with Crippen LogP contribution >= 0.6 is 0 Å². The topological polar surface area (TPSA) is 84.7 Å². The first-order chi connectivity index (χ1) is 15.5. The molecule has 1 aromatic heterocycles. The molecule has 1 N–H and O–H groups in total. The highest BCUT2D eigenvalue weighted by molar-refractivity contribution is 7.89. The molecule has 2 aromatic carbocycles. The lowest BCUT2D eigenvalue weighted by molar-refractivity contribution is 0.178. The Bertz CT molecular complexity index is 1200. The monoisotopic (exact) mass is 457 g/mol. The van der Waals surface area contributed by atoms with Crippen molar-refractivity contribution in [3.05, 3.63) is 65.6 Å². The maximum Gasteiger partial charge on any atom is 0.240 e. The van der Waals surface area contributed by atoms with Gasteiger partial charge in [-0.15, -0.1) is 0 Å². The number of nitrogens with one attached hydrogen (secondary N) is 1. The molecule has 3 heterocycles. The molecule has 0 unspecified atom stereocenters. The van der Waals surface area contributed by atoms with Crippen LogP contribution in [0.15, 0.2) is 58.1 Å². The van der Waals surface area contributed by atoms with Gasteiger partial charge in [0.15, 0.2) is 5.76 Å². The number of aromatic nitrogens is 1. The lowest BCUT2D eigenvalue weighted by Gasteiger charge is -2.32. The average Bonchev–Trinajstić information content (AvgIpc) is 3.29. The van der Waals surface area contributed by atoms with E-state index in [1.165, 1.54) is 12.1 Å². The summed E-state index contributed by atoms with van der Waals surface area (Å²) in [6.45, 7) is 3.30. The summed E-state index contributed by atoms with van der Waals surface area (Å²) in [4.78, 5) is 2.49. The standard InChI is InChI=1S/C23H24FN3O4S/c24-19-3-1-17(2-4-19)14-27-9-7-16(8-10-27)12-26-32(28,29)20-5-6-22-21(11-20)23-18(15-30-22)13-25-31-23/h1-6,11,13,16,26H,7-10,12,14-15H2. The van der Waals surface area contributed by atoms with E-state index in [1.807, 2.05) is 0 Å². The zero-order valence-corrected chi connectivity index (χ0v) is 18.3. The van der Waals surface area contributed by atoms with E-state index in [1.54, 1.807) is 36.5 Å². The van der Waals surface area contributed by atoms with Crippen molar-refractivity contribution >= 4 is 10.0 Å². The van der Waals surface area contributed by atoms with E-state index in [0.29, 0.717) is 30.2 Å². The van der Waals surface area contributed by atoms with Gasteiger partial charge in [-0.25, -0.2) is 17.5 Å². The van der Waals surface area contributed by atoms with Gasteiger partial charge in [-0.1, -0.05) is 17.3 Å². The summed E-state index contributed by atoms with van der Waals surface area (Å²) in [7, 11) is -3.66. The fourth-order valence-electron chi connectivity index (χ4n) is 4.23. The second kappa shape index (κ2) is 8.65. The maximum atomic E-state index is 13.1. The Morgan fingerprint density at radius 2 is 1.91 bits per heavy atom. The van der Waals surface area contributed by atoms with E-state index in [0.717, 1.165) is 43.6 Å². The number of hydrogen-bond donors (Lipinski definition) is 1. The van der Waals surface area contributed by atoms with Crippen LogP contribution in [0.5, 0.6) is 5.75 Å². The first kappa shape index (κ1) is 21.1. The molecule has 7 nitrogen and oxygen atoms in total. The largest absolute Gasteiger partial charge is 0.488 e. The van der Waals surface area contributed by atoms with Crippen molar-refractivity contribution in [3.8, 4) is 17.1 Å². The van der Waals surface area contributed by atoms with Crippen LogP contribution in [0.1, 0.15) is 24.0 Å². The average molecular weight is 458 g/mol. The third kappa shape index (κ3) is 4.41. The van der Waals surface area contributed by atoms with Crippen LogP contribution in [0.3, 0.4) is 0 Å². The molecular formula is C23H24FN3O4S. The van der Waals surface area contributed by atoms with Crippen LogP contribution in [-0.2, 0) is 23.2 Å². The molecule has 1 fully saturated rings. The summed E-state index contributed by atoms with van der Waals surface area (Å²) in [5.41, 5.74) is 2.48. The Hall–Kier alpha value is -2.75. The summed E-state index contributed by atoms with van der Waals surface area (Å²) in [6, 6.07) is 11.4. The van der Waals surface area contributed by atoms with E-state index in [9.17, 15) is 12.8 Å². The van der Waals surface area contributed by atoms with Crippen LogP contribution in [0.2, 0.25) is 0 Å². The number of hydrogen-bond acceptors (Lipinski definition) is 6. The lowest BCUT2D eigenvalue weighted by Crippen LogP contribution is -2.38. The van der Waals surface area contributed by atoms with Gasteiger partial charge in [0.1, 0.15) is 18.2 Å². The molecule has 3 aromatic rings. The Morgan fingerprint density at radius 1 is 1.12 bits per heavy atom. The Kier molecular flexibility index (Phi) is 5.71. The predicted octanol–water partition coefficient (Wildman–Crippen LogP) is 3.56. The van der Waals surface area contributed by atoms with Crippen molar-refractivity contribution < 1.29 is 22.1 Å². The molecule has 0 saturated carbocycles. The van der Waals surface area contributed by atoms with Gasteiger partial charge in [-0.3, -0.25) is 4.90 Å². The highest BCUT2D eigenvalue weighted by Gasteiger charge is 2.26. The molecule has 0 atom stereocenters. The van der Waals surface area contributed by atoms with E-state index in [-0.39, 0.29) is 16.6 Å². The van der Waals surface area contributed by atoms with Crippen LogP contribution < -0.4 is 9.46 Å². The number of sulfonamides is 1. The number of nitrogens with zero attached hydrogens (tertiary/aromatic N) is 2. The van der Waals surface area contributed by atoms with Crippen LogP contribution in [0, 0.1) is 11.7 Å². The minimum Gasteiger partial charge on any atom is -0.488 e. The molecule has 1 saturated heterocycles. The van der Waals surface area contributed by atoms with Crippen molar-refractivity contribution in [2.45, 2.75) is 30.9 Å². The predicted molar refractivity (Wildman–Crippen MR) is 116 cm³/mol. The first-order valence-corrected chi connectivity index (χ1v) is 12.1. The lowest BCUT2D eigenvalue weighted by atomic mass is 9.97. The van der Waals surface area contributed by atoms with Crippen LogP contribution in [0.25, 0.3) is 11.3 Å². The van der Waals surface area contributed by atoms with Gasteiger partial charge in [0.05, 0.1) is 22.2 Å². The zero-order chi connectivity index (χ0) is 22.1. The number of piperidine rings is 1. The number of ether oxygens (including phenoxy) is 1. The minimum atomic E-state index is -3.66. The molecule has 0 aliphatic carbocycles. The van der Waals surface area contributed by atoms with E-state index >= 15 is 0 Å². The second-order valence-electron chi connectivity index (χ2n) is 8.32. The summed E-state index contributed by atoms with van der Waals surface area (Å²) < 4.78 is 52.6. The van der Waals surface area contributed by atoms with Gasteiger partial charge in [0.25, 0.3) is 0 Å². The van der Waals surface area contributed by atoms with Crippen LogP contribution in [0.4, 0.5) is 4.39 Å². The molecule has 0 radical (unpaired) electrons. The molecule has 2 aliphatic rings. The highest BCUT2D eigenvalue weighted by Crippen LogP contribution is 2.38. The molecule has 168 valence electrons. The smallest absolute Gasteiger partial charge is 0.240 e. The number of fused-ring (bicyclic) bond motifs is 3. The van der Waals surface area contributed by atoms with Gasteiger partial charge >= 0.3 is 0 Å². The molecule has 0 bridgehead atoms. The van der Waals surface area contributed by atoms with E-state index in [2.05, 4.69) is 14.8 Å². The SMILES string of the molecule is O=S(=O)(NCC1CCN(Cc2ccc(F)cc2)CC1)c1ccc2c(c1)-c1oncc1CO2. The fourth-order valence-corrected chi connectivity index (χ4v) is 5.37.